The van der Waals surface area contributed by atoms with Crippen molar-refractivity contribution >= 4 is 27.6 Å². The average molecular weight is 317 g/mol. The number of aromatic nitrogens is 1. The van der Waals surface area contributed by atoms with E-state index in [-0.39, 0.29) is 6.04 Å². The van der Waals surface area contributed by atoms with Gasteiger partial charge in [0.05, 0.1) is 12.6 Å². The summed E-state index contributed by atoms with van der Waals surface area (Å²) in [5.74, 6) is 0.552. The summed E-state index contributed by atoms with van der Waals surface area (Å²) in [6.45, 7) is 0.660. The Labute approximate surface area is 120 Å². The Kier molecular flexibility index (Phi) is 3.21. The van der Waals surface area contributed by atoms with Crippen molar-refractivity contribution in [1.82, 2.24) is 4.98 Å². The standard InChI is InChI=1S/C14H13BrN4/c15-11-3-5-12(6-4-11)19-13(9-18-14(19)16)10-2-1-7-17-8-10/h1-8,13H,9H2,(H2,16,18). The van der Waals surface area contributed by atoms with Gasteiger partial charge < -0.3 is 10.6 Å². The number of anilines is 1. The molecule has 2 aromatic rings. The fraction of sp³-hybridized carbons (Fsp3) is 0.143. The van der Waals surface area contributed by atoms with Crippen molar-refractivity contribution < 1.29 is 0 Å². The Hall–Kier alpha value is -1.88. The molecule has 0 bridgehead atoms. The zero-order valence-corrected chi connectivity index (χ0v) is 11.8. The number of benzene rings is 1. The molecule has 0 amide bonds. The SMILES string of the molecule is NC1=NCC(c2cccnc2)N1c1ccc(Br)cc1. The van der Waals surface area contributed by atoms with Gasteiger partial charge in [0.1, 0.15) is 0 Å². The molecule has 0 fully saturated rings. The van der Waals surface area contributed by atoms with Gasteiger partial charge in [-0.3, -0.25) is 9.98 Å². The molecule has 0 spiro atoms. The van der Waals surface area contributed by atoms with E-state index < -0.39 is 0 Å². The Morgan fingerprint density at radius 2 is 2.00 bits per heavy atom. The molecule has 0 saturated heterocycles. The van der Waals surface area contributed by atoms with Crippen LogP contribution in [0.3, 0.4) is 0 Å². The number of nitrogens with zero attached hydrogens (tertiary/aromatic N) is 3. The lowest BCUT2D eigenvalue weighted by Gasteiger charge is -2.26. The molecular weight excluding hydrogens is 304 g/mol. The number of nitrogens with two attached hydrogens (primary N) is 1. The predicted octanol–water partition coefficient (Wildman–Crippen LogP) is 2.72. The summed E-state index contributed by atoms with van der Waals surface area (Å²) in [4.78, 5) is 10.6. The molecule has 2 heterocycles. The molecule has 5 heteroatoms. The molecule has 1 aliphatic rings. The molecule has 0 aliphatic carbocycles. The third-order valence-electron chi connectivity index (χ3n) is 3.16. The van der Waals surface area contributed by atoms with Crippen LogP contribution in [0.4, 0.5) is 5.69 Å². The first-order valence-corrected chi connectivity index (χ1v) is 6.79. The molecule has 2 N–H and O–H groups in total. The molecule has 3 rings (SSSR count). The van der Waals surface area contributed by atoms with Crippen LogP contribution in [0, 0.1) is 0 Å². The predicted molar refractivity (Wildman–Crippen MR) is 80.1 cm³/mol. The van der Waals surface area contributed by atoms with Crippen molar-refractivity contribution in [1.29, 1.82) is 0 Å². The normalized spacial score (nSPS) is 18.5. The molecular formula is C14H13BrN4. The van der Waals surface area contributed by atoms with E-state index in [4.69, 9.17) is 5.73 Å². The maximum atomic E-state index is 6.02. The average Bonchev–Trinajstić information content (AvgIpc) is 2.83. The number of hydrogen-bond acceptors (Lipinski definition) is 4. The van der Waals surface area contributed by atoms with Gasteiger partial charge in [-0.15, -0.1) is 0 Å². The van der Waals surface area contributed by atoms with E-state index in [0.29, 0.717) is 12.5 Å². The van der Waals surface area contributed by atoms with Gasteiger partial charge in [0.15, 0.2) is 5.96 Å². The fourth-order valence-corrected chi connectivity index (χ4v) is 2.50. The smallest absolute Gasteiger partial charge is 0.196 e. The highest BCUT2D eigenvalue weighted by Gasteiger charge is 2.28. The number of pyridine rings is 1. The van der Waals surface area contributed by atoms with Crippen LogP contribution in [0.1, 0.15) is 11.6 Å². The first-order valence-electron chi connectivity index (χ1n) is 6.00. The highest BCUT2D eigenvalue weighted by molar-refractivity contribution is 9.10. The number of rotatable bonds is 2. The van der Waals surface area contributed by atoms with Crippen molar-refractivity contribution in [3.8, 4) is 0 Å². The van der Waals surface area contributed by atoms with Crippen LogP contribution < -0.4 is 10.6 Å². The van der Waals surface area contributed by atoms with Gasteiger partial charge in [0, 0.05) is 22.6 Å². The van der Waals surface area contributed by atoms with E-state index >= 15 is 0 Å². The van der Waals surface area contributed by atoms with Gasteiger partial charge in [0.25, 0.3) is 0 Å². The van der Waals surface area contributed by atoms with Crippen LogP contribution in [-0.2, 0) is 0 Å². The zero-order valence-electron chi connectivity index (χ0n) is 10.2. The molecule has 19 heavy (non-hydrogen) atoms. The third-order valence-corrected chi connectivity index (χ3v) is 3.69. The summed E-state index contributed by atoms with van der Waals surface area (Å²) in [6, 6.07) is 12.2. The summed E-state index contributed by atoms with van der Waals surface area (Å²) in [7, 11) is 0. The Morgan fingerprint density at radius 1 is 1.21 bits per heavy atom. The van der Waals surface area contributed by atoms with Crippen molar-refractivity contribution in [2.45, 2.75) is 6.04 Å². The molecule has 1 aromatic heterocycles. The highest BCUT2D eigenvalue weighted by Crippen LogP contribution is 2.31. The summed E-state index contributed by atoms with van der Waals surface area (Å²) in [5, 5.41) is 0. The molecule has 96 valence electrons. The van der Waals surface area contributed by atoms with Gasteiger partial charge >= 0.3 is 0 Å². The summed E-state index contributed by atoms with van der Waals surface area (Å²) in [6.07, 6.45) is 3.64. The minimum Gasteiger partial charge on any atom is -0.369 e. The molecule has 1 atom stereocenters. The second kappa shape index (κ2) is 5.01. The number of hydrogen-bond donors (Lipinski definition) is 1. The van der Waals surface area contributed by atoms with Crippen LogP contribution >= 0.6 is 15.9 Å². The van der Waals surface area contributed by atoms with Crippen molar-refractivity contribution in [2.24, 2.45) is 10.7 Å². The third kappa shape index (κ3) is 2.33. The van der Waals surface area contributed by atoms with Gasteiger partial charge in [-0.05, 0) is 35.9 Å². The van der Waals surface area contributed by atoms with Crippen LogP contribution in [0.5, 0.6) is 0 Å². The maximum Gasteiger partial charge on any atom is 0.196 e. The number of aliphatic imine (C=N–C) groups is 1. The van der Waals surface area contributed by atoms with Crippen LogP contribution in [0.15, 0.2) is 58.3 Å². The minimum atomic E-state index is 0.120. The van der Waals surface area contributed by atoms with Crippen LogP contribution in [0.25, 0.3) is 0 Å². The van der Waals surface area contributed by atoms with Gasteiger partial charge in [-0.25, -0.2) is 0 Å². The lowest BCUT2D eigenvalue weighted by molar-refractivity contribution is 0.764. The van der Waals surface area contributed by atoms with E-state index in [1.807, 2.05) is 41.4 Å². The van der Waals surface area contributed by atoms with Gasteiger partial charge in [-0.2, -0.15) is 0 Å². The van der Waals surface area contributed by atoms with E-state index in [0.717, 1.165) is 15.7 Å². The molecule has 1 aliphatic heterocycles. The van der Waals surface area contributed by atoms with E-state index in [2.05, 4.69) is 32.0 Å². The maximum absolute atomic E-state index is 6.02. The highest BCUT2D eigenvalue weighted by atomic mass is 79.9. The topological polar surface area (TPSA) is 54.5 Å². The largest absolute Gasteiger partial charge is 0.369 e. The quantitative estimate of drug-likeness (QED) is 0.926. The molecule has 4 nitrogen and oxygen atoms in total. The van der Waals surface area contributed by atoms with Crippen LogP contribution in [-0.4, -0.2) is 17.5 Å². The molecule has 0 radical (unpaired) electrons. The number of halogens is 1. The second-order valence-electron chi connectivity index (χ2n) is 4.35. The fourth-order valence-electron chi connectivity index (χ4n) is 2.24. The Bertz CT molecular complexity index is 595. The molecule has 1 unspecified atom stereocenters. The molecule has 1 aromatic carbocycles. The monoisotopic (exact) mass is 316 g/mol. The second-order valence-corrected chi connectivity index (χ2v) is 5.26. The van der Waals surface area contributed by atoms with Crippen molar-refractivity contribution in [3.63, 3.8) is 0 Å². The first kappa shape index (κ1) is 12.2. The van der Waals surface area contributed by atoms with Crippen molar-refractivity contribution in [2.75, 3.05) is 11.4 Å². The number of guanidine groups is 1. The van der Waals surface area contributed by atoms with E-state index in [1.165, 1.54) is 0 Å². The Balaban J connectivity index is 1.97. The minimum absolute atomic E-state index is 0.120. The summed E-state index contributed by atoms with van der Waals surface area (Å²) >= 11 is 3.44. The first-order chi connectivity index (χ1) is 9.25. The van der Waals surface area contributed by atoms with Gasteiger partial charge in [0.2, 0.25) is 0 Å². The van der Waals surface area contributed by atoms with Crippen LogP contribution in [0.2, 0.25) is 0 Å². The lowest BCUT2D eigenvalue weighted by atomic mass is 10.1. The van der Waals surface area contributed by atoms with E-state index in [9.17, 15) is 0 Å². The lowest BCUT2D eigenvalue weighted by Crippen LogP contribution is -2.36. The summed E-state index contributed by atoms with van der Waals surface area (Å²) in [5.41, 5.74) is 8.18. The Morgan fingerprint density at radius 3 is 2.68 bits per heavy atom. The summed E-state index contributed by atoms with van der Waals surface area (Å²) < 4.78 is 1.05. The van der Waals surface area contributed by atoms with Crippen molar-refractivity contribution in [3.05, 3.63) is 58.8 Å². The molecule has 0 saturated carbocycles. The zero-order chi connectivity index (χ0) is 13.2. The van der Waals surface area contributed by atoms with Gasteiger partial charge in [-0.1, -0.05) is 22.0 Å². The van der Waals surface area contributed by atoms with E-state index in [1.54, 1.807) is 6.20 Å².